The van der Waals surface area contributed by atoms with Crippen LogP contribution in [0.5, 0.6) is 34.5 Å². The molecule has 0 saturated carbocycles. The number of phenols is 5. The van der Waals surface area contributed by atoms with Crippen molar-refractivity contribution in [3.63, 3.8) is 0 Å². The molecule has 0 fully saturated rings. The third-order valence-electron chi connectivity index (χ3n) is 7.33. The van der Waals surface area contributed by atoms with E-state index in [1.54, 1.807) is 36.4 Å². The molecule has 206 valence electrons. The second kappa shape index (κ2) is 11.0. The maximum atomic E-state index is 13.2. The number of aromatic hydroxyl groups is 5. The van der Waals surface area contributed by atoms with Gasteiger partial charge < -0.3 is 30.3 Å². The molecule has 7 nitrogen and oxygen atoms in total. The molecule has 0 bridgehead atoms. The summed E-state index contributed by atoms with van der Waals surface area (Å²) < 4.78 is 6.08. The van der Waals surface area contributed by atoms with Crippen LogP contribution in [0.15, 0.2) is 60.7 Å². The average molecular weight is 561 g/mol. The summed E-state index contributed by atoms with van der Waals surface area (Å²) in [6.07, 6.45) is 0.484. The van der Waals surface area contributed by atoms with Gasteiger partial charge in [0.15, 0.2) is 5.78 Å². The van der Waals surface area contributed by atoms with E-state index < -0.39 is 11.9 Å². The van der Waals surface area contributed by atoms with Crippen LogP contribution in [0.1, 0.15) is 63.5 Å². The SMILES string of the molecule is CCC1CC(=O)c2c(O)c(Cc3cc(Cc4ccccc4O)ccc3O)c(O)c(Cc3cc(Cl)ccc3O)c2O1. The Kier molecular flexibility index (Phi) is 7.50. The average Bonchev–Trinajstić information content (AvgIpc) is 2.93. The molecular formula is C32H29ClO7. The third-order valence-corrected chi connectivity index (χ3v) is 7.57. The Bertz CT molecular complexity index is 1610. The van der Waals surface area contributed by atoms with Crippen molar-refractivity contribution in [2.75, 3.05) is 0 Å². The van der Waals surface area contributed by atoms with E-state index in [2.05, 4.69) is 0 Å². The lowest BCUT2D eigenvalue weighted by atomic mass is 9.87. The van der Waals surface area contributed by atoms with E-state index in [0.717, 1.165) is 5.56 Å². The molecule has 5 N–H and O–H groups in total. The van der Waals surface area contributed by atoms with E-state index in [-0.39, 0.29) is 70.5 Å². The number of para-hydroxylation sites is 1. The first-order valence-electron chi connectivity index (χ1n) is 13.0. The Morgan fingerprint density at radius 2 is 1.43 bits per heavy atom. The fraction of sp³-hybridized carbons (Fsp3) is 0.219. The summed E-state index contributed by atoms with van der Waals surface area (Å²) in [7, 11) is 0. The van der Waals surface area contributed by atoms with E-state index in [1.165, 1.54) is 18.2 Å². The van der Waals surface area contributed by atoms with Crippen LogP contribution < -0.4 is 4.74 Å². The monoisotopic (exact) mass is 560 g/mol. The van der Waals surface area contributed by atoms with Gasteiger partial charge in [0.2, 0.25) is 0 Å². The van der Waals surface area contributed by atoms with E-state index >= 15 is 0 Å². The Morgan fingerprint density at radius 1 is 0.775 bits per heavy atom. The van der Waals surface area contributed by atoms with Gasteiger partial charge in [-0.25, -0.2) is 0 Å². The predicted octanol–water partition coefficient (Wildman–Crippen LogP) is 6.38. The molecule has 8 heteroatoms. The maximum absolute atomic E-state index is 13.2. The zero-order valence-corrected chi connectivity index (χ0v) is 22.6. The van der Waals surface area contributed by atoms with E-state index in [4.69, 9.17) is 16.3 Å². The van der Waals surface area contributed by atoms with Gasteiger partial charge in [-0.1, -0.05) is 48.9 Å². The Morgan fingerprint density at radius 3 is 2.15 bits per heavy atom. The highest BCUT2D eigenvalue weighted by atomic mass is 35.5. The number of carbonyl (C=O) groups is 1. The van der Waals surface area contributed by atoms with E-state index in [0.29, 0.717) is 34.6 Å². The van der Waals surface area contributed by atoms with Crippen LogP contribution in [-0.2, 0) is 19.3 Å². The number of halogens is 1. The first-order valence-corrected chi connectivity index (χ1v) is 13.4. The van der Waals surface area contributed by atoms with Crippen molar-refractivity contribution in [2.24, 2.45) is 0 Å². The summed E-state index contributed by atoms with van der Waals surface area (Å²) >= 11 is 6.16. The fourth-order valence-corrected chi connectivity index (χ4v) is 5.32. The molecule has 0 radical (unpaired) electrons. The minimum Gasteiger partial charge on any atom is -0.508 e. The number of phenolic OH excluding ortho intramolecular Hbond substituents is 5. The number of ether oxygens (including phenoxy) is 1. The third kappa shape index (κ3) is 5.25. The van der Waals surface area contributed by atoms with Crippen molar-refractivity contribution in [3.05, 3.63) is 105 Å². The number of ketones is 1. The van der Waals surface area contributed by atoms with Gasteiger partial charge in [-0.05, 0) is 59.0 Å². The number of fused-ring (bicyclic) bond motifs is 1. The van der Waals surface area contributed by atoms with Crippen molar-refractivity contribution >= 4 is 17.4 Å². The summed E-state index contributed by atoms with van der Waals surface area (Å²) in [5.41, 5.74) is 2.57. The summed E-state index contributed by atoms with van der Waals surface area (Å²) in [5, 5.41) is 54.5. The molecule has 4 aromatic rings. The molecule has 1 unspecified atom stereocenters. The number of hydrogen-bond donors (Lipinski definition) is 5. The molecule has 4 aromatic carbocycles. The van der Waals surface area contributed by atoms with Crippen LogP contribution in [0, 0.1) is 0 Å². The summed E-state index contributed by atoms with van der Waals surface area (Å²) in [6, 6.07) is 16.5. The molecule has 1 heterocycles. The van der Waals surface area contributed by atoms with Crippen LogP contribution in [-0.4, -0.2) is 37.4 Å². The Balaban J connectivity index is 1.61. The molecule has 0 aliphatic carbocycles. The molecule has 5 rings (SSSR count). The van der Waals surface area contributed by atoms with Crippen molar-refractivity contribution < 1.29 is 35.1 Å². The smallest absolute Gasteiger partial charge is 0.174 e. The fourth-order valence-electron chi connectivity index (χ4n) is 5.12. The highest BCUT2D eigenvalue weighted by Crippen LogP contribution is 2.48. The van der Waals surface area contributed by atoms with Gasteiger partial charge in [-0.15, -0.1) is 0 Å². The largest absolute Gasteiger partial charge is 0.508 e. The minimum atomic E-state index is -0.425. The van der Waals surface area contributed by atoms with Crippen molar-refractivity contribution in [1.82, 2.24) is 0 Å². The lowest BCUT2D eigenvalue weighted by Gasteiger charge is -2.29. The number of benzene rings is 4. The molecule has 0 aromatic heterocycles. The number of carbonyl (C=O) groups excluding carboxylic acids is 1. The summed E-state index contributed by atoms with van der Waals surface area (Å²) in [6.45, 7) is 1.88. The van der Waals surface area contributed by atoms with Gasteiger partial charge in [0.05, 0.1) is 0 Å². The van der Waals surface area contributed by atoms with Crippen LogP contribution in [0.25, 0.3) is 0 Å². The first kappa shape index (κ1) is 27.2. The van der Waals surface area contributed by atoms with Crippen LogP contribution >= 0.6 is 11.6 Å². The minimum absolute atomic E-state index is 0.0170. The topological polar surface area (TPSA) is 127 Å². The van der Waals surface area contributed by atoms with Gasteiger partial charge in [0.1, 0.15) is 46.2 Å². The number of Topliss-reactive ketones (excluding diaryl/α,β-unsaturated/α-hetero) is 1. The molecule has 1 atom stereocenters. The molecule has 0 amide bonds. The summed E-state index contributed by atoms with van der Waals surface area (Å²) in [4.78, 5) is 13.2. The van der Waals surface area contributed by atoms with E-state index in [1.807, 2.05) is 13.0 Å². The van der Waals surface area contributed by atoms with Gasteiger partial charge in [-0.3, -0.25) is 4.79 Å². The normalized spacial score (nSPS) is 14.6. The van der Waals surface area contributed by atoms with Gasteiger partial charge >= 0.3 is 0 Å². The van der Waals surface area contributed by atoms with Crippen LogP contribution in [0.2, 0.25) is 5.02 Å². The number of hydrogen-bond acceptors (Lipinski definition) is 7. The van der Waals surface area contributed by atoms with Crippen molar-refractivity contribution in [2.45, 2.75) is 45.1 Å². The lowest BCUT2D eigenvalue weighted by molar-refractivity contribution is 0.0837. The van der Waals surface area contributed by atoms with Gasteiger partial charge in [-0.2, -0.15) is 0 Å². The van der Waals surface area contributed by atoms with Gasteiger partial charge in [0, 0.05) is 41.8 Å². The second-order valence-corrected chi connectivity index (χ2v) is 10.5. The van der Waals surface area contributed by atoms with Crippen LogP contribution in [0.3, 0.4) is 0 Å². The second-order valence-electron chi connectivity index (χ2n) is 10.0. The molecule has 40 heavy (non-hydrogen) atoms. The quantitative estimate of drug-likeness (QED) is 0.177. The standard InChI is InChI=1S/C32H29ClO7/c1-2-22-16-28(37)29-31(39)23(30(38)24(32(29)40-22)15-20-13-21(33)8-10-27(20)36)14-19-12-17(7-9-26(19)35)11-18-5-3-4-6-25(18)34/h3-10,12-13,22,34-36,38-39H,2,11,14-16H2,1H3. The zero-order valence-electron chi connectivity index (χ0n) is 21.8. The maximum Gasteiger partial charge on any atom is 0.174 e. The highest BCUT2D eigenvalue weighted by molar-refractivity contribution is 6.30. The molecular weight excluding hydrogens is 532 g/mol. The Hall–Kier alpha value is -4.36. The molecule has 1 aliphatic heterocycles. The van der Waals surface area contributed by atoms with Crippen molar-refractivity contribution in [3.8, 4) is 34.5 Å². The highest BCUT2D eigenvalue weighted by Gasteiger charge is 2.35. The zero-order chi connectivity index (χ0) is 28.6. The first-order chi connectivity index (χ1) is 19.2. The molecule has 0 saturated heterocycles. The van der Waals surface area contributed by atoms with Gasteiger partial charge in [0.25, 0.3) is 0 Å². The molecule has 0 spiro atoms. The number of rotatable bonds is 7. The summed E-state index contributed by atoms with van der Waals surface area (Å²) in [5.74, 6) is -0.891. The van der Waals surface area contributed by atoms with E-state index in [9.17, 15) is 30.3 Å². The predicted molar refractivity (Wildman–Crippen MR) is 151 cm³/mol. The Labute approximate surface area is 236 Å². The van der Waals surface area contributed by atoms with Crippen molar-refractivity contribution in [1.29, 1.82) is 0 Å². The molecule has 1 aliphatic rings. The lowest BCUT2D eigenvalue weighted by Crippen LogP contribution is -2.27. The van der Waals surface area contributed by atoms with Crippen LogP contribution in [0.4, 0.5) is 0 Å².